The molecule has 2 N–H and O–H groups in total. The second kappa shape index (κ2) is 3.58. The SMILES string of the molecule is Nc1noc2cc(Cn3cccn3)c(F)cc12. The highest BCUT2D eigenvalue weighted by Gasteiger charge is 2.11. The molecule has 5 nitrogen and oxygen atoms in total. The zero-order valence-corrected chi connectivity index (χ0v) is 8.80. The fourth-order valence-corrected chi connectivity index (χ4v) is 1.71. The molecule has 6 heteroatoms. The van der Waals surface area contributed by atoms with Gasteiger partial charge in [0.15, 0.2) is 11.4 Å². The van der Waals surface area contributed by atoms with Crippen molar-refractivity contribution in [1.29, 1.82) is 0 Å². The fourth-order valence-electron chi connectivity index (χ4n) is 1.71. The Hall–Kier alpha value is -2.37. The van der Waals surface area contributed by atoms with E-state index in [0.29, 0.717) is 23.1 Å². The van der Waals surface area contributed by atoms with Gasteiger partial charge in [-0.3, -0.25) is 4.68 Å². The van der Waals surface area contributed by atoms with Crippen molar-refractivity contribution in [3.63, 3.8) is 0 Å². The van der Waals surface area contributed by atoms with Gasteiger partial charge in [0, 0.05) is 18.0 Å². The van der Waals surface area contributed by atoms with Gasteiger partial charge in [0.25, 0.3) is 0 Å². The van der Waals surface area contributed by atoms with Crippen LogP contribution in [0.5, 0.6) is 0 Å². The van der Waals surface area contributed by atoms with Crippen LogP contribution >= 0.6 is 0 Å². The van der Waals surface area contributed by atoms with Crippen LogP contribution < -0.4 is 5.73 Å². The van der Waals surface area contributed by atoms with Gasteiger partial charge in [-0.05, 0) is 18.2 Å². The predicted octanol–water partition coefficient (Wildman–Crippen LogP) is 1.79. The predicted molar refractivity (Wildman–Crippen MR) is 59.7 cm³/mol. The van der Waals surface area contributed by atoms with Gasteiger partial charge in [-0.1, -0.05) is 5.16 Å². The molecule has 0 spiro atoms. The Morgan fingerprint density at radius 2 is 2.29 bits per heavy atom. The summed E-state index contributed by atoms with van der Waals surface area (Å²) in [6.07, 6.45) is 3.40. The fraction of sp³-hybridized carbons (Fsp3) is 0.0909. The van der Waals surface area contributed by atoms with Gasteiger partial charge >= 0.3 is 0 Å². The molecular formula is C11H9FN4O. The van der Waals surface area contributed by atoms with Crippen LogP contribution in [0.2, 0.25) is 0 Å². The van der Waals surface area contributed by atoms with Gasteiger partial charge in [0.1, 0.15) is 5.82 Å². The lowest BCUT2D eigenvalue weighted by molar-refractivity contribution is 0.459. The minimum Gasteiger partial charge on any atom is -0.380 e. The van der Waals surface area contributed by atoms with Gasteiger partial charge in [-0.15, -0.1) is 0 Å². The van der Waals surface area contributed by atoms with Crippen molar-refractivity contribution in [1.82, 2.24) is 14.9 Å². The number of fused-ring (bicyclic) bond motifs is 1. The molecule has 0 amide bonds. The van der Waals surface area contributed by atoms with Crippen molar-refractivity contribution in [2.24, 2.45) is 0 Å². The van der Waals surface area contributed by atoms with E-state index in [4.69, 9.17) is 10.3 Å². The summed E-state index contributed by atoms with van der Waals surface area (Å²) >= 11 is 0. The van der Waals surface area contributed by atoms with E-state index in [1.165, 1.54) is 6.07 Å². The van der Waals surface area contributed by atoms with E-state index in [0.717, 1.165) is 0 Å². The molecule has 0 saturated heterocycles. The highest BCUT2D eigenvalue weighted by Crippen LogP contribution is 2.24. The minimum atomic E-state index is -0.345. The molecule has 0 unspecified atom stereocenters. The number of benzene rings is 1. The molecule has 2 aromatic heterocycles. The molecule has 3 aromatic rings. The Bertz CT molecular complexity index is 659. The first-order valence-electron chi connectivity index (χ1n) is 5.05. The van der Waals surface area contributed by atoms with Crippen molar-refractivity contribution < 1.29 is 8.91 Å². The van der Waals surface area contributed by atoms with Crippen LogP contribution in [0.1, 0.15) is 5.56 Å². The minimum absolute atomic E-state index is 0.199. The summed E-state index contributed by atoms with van der Waals surface area (Å²) in [5, 5.41) is 8.10. The van der Waals surface area contributed by atoms with Crippen LogP contribution in [0.15, 0.2) is 35.1 Å². The topological polar surface area (TPSA) is 69.9 Å². The van der Waals surface area contributed by atoms with Gasteiger partial charge < -0.3 is 10.3 Å². The summed E-state index contributed by atoms with van der Waals surface area (Å²) in [6.45, 7) is 0.343. The zero-order valence-electron chi connectivity index (χ0n) is 8.80. The summed E-state index contributed by atoms with van der Waals surface area (Å²) < 4.78 is 20.4. The maximum atomic E-state index is 13.8. The number of anilines is 1. The Kier molecular flexibility index (Phi) is 2.07. The highest BCUT2D eigenvalue weighted by atomic mass is 19.1. The van der Waals surface area contributed by atoms with E-state index in [9.17, 15) is 4.39 Å². The first kappa shape index (κ1) is 9.83. The van der Waals surface area contributed by atoms with Crippen LogP contribution in [-0.2, 0) is 6.54 Å². The van der Waals surface area contributed by atoms with Crippen molar-refractivity contribution in [3.8, 4) is 0 Å². The number of halogens is 1. The number of nitrogens with two attached hydrogens (primary N) is 1. The molecule has 3 rings (SSSR count). The van der Waals surface area contributed by atoms with E-state index in [-0.39, 0.29) is 11.6 Å². The van der Waals surface area contributed by atoms with Crippen LogP contribution in [-0.4, -0.2) is 14.9 Å². The molecule has 0 saturated carbocycles. The van der Waals surface area contributed by atoms with Crippen LogP contribution in [0.25, 0.3) is 11.0 Å². The molecule has 17 heavy (non-hydrogen) atoms. The molecule has 0 bridgehead atoms. The van der Waals surface area contributed by atoms with Crippen molar-refractivity contribution in [2.75, 3.05) is 5.73 Å². The first-order chi connectivity index (χ1) is 8.24. The summed E-state index contributed by atoms with van der Waals surface area (Å²) in [5.74, 6) is -0.146. The van der Waals surface area contributed by atoms with Gasteiger partial charge in [-0.2, -0.15) is 5.10 Å². The number of rotatable bonds is 2. The average Bonchev–Trinajstić information content (AvgIpc) is 2.92. The second-order valence-corrected chi connectivity index (χ2v) is 3.71. The number of hydrogen-bond donors (Lipinski definition) is 1. The third-order valence-corrected chi connectivity index (χ3v) is 2.56. The molecule has 1 aromatic carbocycles. The lowest BCUT2D eigenvalue weighted by atomic mass is 10.1. The third kappa shape index (κ3) is 1.63. The molecule has 0 aliphatic heterocycles. The Balaban J connectivity index is 2.07. The average molecular weight is 232 g/mol. The maximum absolute atomic E-state index is 13.8. The molecular weight excluding hydrogens is 223 g/mol. The van der Waals surface area contributed by atoms with Crippen LogP contribution in [0.3, 0.4) is 0 Å². The van der Waals surface area contributed by atoms with Crippen molar-refractivity contribution in [2.45, 2.75) is 6.54 Å². The van der Waals surface area contributed by atoms with Crippen molar-refractivity contribution in [3.05, 3.63) is 42.0 Å². The van der Waals surface area contributed by atoms with Gasteiger partial charge in [0.05, 0.1) is 11.9 Å². The first-order valence-corrected chi connectivity index (χ1v) is 5.05. The van der Waals surface area contributed by atoms with E-state index >= 15 is 0 Å². The lowest BCUT2D eigenvalue weighted by Crippen LogP contribution is -2.02. The Morgan fingerprint density at radius 1 is 1.41 bits per heavy atom. The number of nitrogens with zero attached hydrogens (tertiary/aromatic N) is 3. The molecule has 86 valence electrons. The normalized spacial score (nSPS) is 11.1. The summed E-state index contributed by atoms with van der Waals surface area (Å²) in [7, 11) is 0. The Labute approximate surface area is 95.6 Å². The highest BCUT2D eigenvalue weighted by molar-refractivity contribution is 5.87. The summed E-state index contributed by atoms with van der Waals surface area (Å²) in [5.41, 5.74) is 6.50. The number of aromatic nitrogens is 3. The van der Waals surface area contributed by atoms with E-state index < -0.39 is 0 Å². The molecule has 0 atom stereocenters. The molecule has 0 aliphatic carbocycles. The monoisotopic (exact) mass is 232 g/mol. The van der Waals surface area contributed by atoms with Gasteiger partial charge in [0.2, 0.25) is 0 Å². The van der Waals surface area contributed by atoms with E-state index in [2.05, 4.69) is 10.3 Å². The largest absolute Gasteiger partial charge is 0.380 e. The van der Waals surface area contributed by atoms with E-state index in [1.807, 2.05) is 0 Å². The smallest absolute Gasteiger partial charge is 0.174 e. The van der Waals surface area contributed by atoms with Crippen LogP contribution in [0.4, 0.5) is 10.2 Å². The lowest BCUT2D eigenvalue weighted by Gasteiger charge is -2.03. The standard InChI is InChI=1S/C11H9FN4O/c12-9-5-8-10(17-15-11(8)13)4-7(9)6-16-3-1-2-14-16/h1-5H,6H2,(H2,13,15). The zero-order chi connectivity index (χ0) is 11.8. The number of nitrogen functional groups attached to an aromatic ring is 1. The number of hydrogen-bond acceptors (Lipinski definition) is 4. The molecule has 0 radical (unpaired) electrons. The van der Waals surface area contributed by atoms with Crippen molar-refractivity contribution >= 4 is 16.8 Å². The summed E-state index contributed by atoms with van der Waals surface area (Å²) in [6, 6.07) is 4.71. The third-order valence-electron chi connectivity index (χ3n) is 2.56. The molecule has 0 aliphatic rings. The maximum Gasteiger partial charge on any atom is 0.174 e. The van der Waals surface area contributed by atoms with Crippen LogP contribution in [0, 0.1) is 5.82 Å². The van der Waals surface area contributed by atoms with E-state index in [1.54, 1.807) is 29.2 Å². The Morgan fingerprint density at radius 3 is 3.06 bits per heavy atom. The van der Waals surface area contributed by atoms with Gasteiger partial charge in [-0.25, -0.2) is 4.39 Å². The molecule has 2 heterocycles. The second-order valence-electron chi connectivity index (χ2n) is 3.71. The molecule has 0 fully saturated rings. The summed E-state index contributed by atoms with van der Waals surface area (Å²) in [4.78, 5) is 0. The quantitative estimate of drug-likeness (QED) is 0.731.